The molecule has 2 aliphatic carbocycles. The number of esters is 1. The molecule has 21 nitrogen and oxygen atoms in total. The lowest BCUT2D eigenvalue weighted by Gasteiger charge is -2.42. The number of fused-ring (bicyclic) bond motifs is 3. The minimum Gasteiger partial charge on any atom is -0.507 e. The summed E-state index contributed by atoms with van der Waals surface area (Å²) >= 11 is 0. The van der Waals surface area contributed by atoms with Crippen molar-refractivity contribution in [2.24, 2.45) is 11.5 Å². The highest BCUT2D eigenvalue weighted by Gasteiger charge is 2.50. The van der Waals surface area contributed by atoms with Crippen molar-refractivity contribution in [3.63, 3.8) is 0 Å². The number of aliphatic hydroxyl groups excluding tert-OH is 1. The third kappa shape index (κ3) is 10.1. The minimum atomic E-state index is -2.38. The molecule has 1 saturated heterocycles. The number of carbonyl (C=O) groups excluding carboxylic acids is 5. The number of carbonyl (C=O) groups is 6. The average Bonchev–Trinajstić information content (AvgIpc) is 3.20. The van der Waals surface area contributed by atoms with Crippen LogP contribution >= 0.6 is 0 Å². The Morgan fingerprint density at radius 1 is 1.07 bits per heavy atom. The predicted octanol–water partition coefficient (Wildman–Crippen LogP) is -0.000500. The summed E-state index contributed by atoms with van der Waals surface area (Å²) in [6.45, 7) is 4.12. The fraction of sp³-hybridized carbons (Fsp3) is 0.513. The number of ether oxygens (including phenoxy) is 6. The molecule has 3 aliphatic rings. The number of carboxylic acids is 1. The van der Waals surface area contributed by atoms with Crippen molar-refractivity contribution < 1.29 is 87.5 Å². The zero-order valence-electron chi connectivity index (χ0n) is 33.2. The third-order valence-corrected chi connectivity index (χ3v) is 10.1. The van der Waals surface area contributed by atoms with Gasteiger partial charge < -0.3 is 71.0 Å². The molecular weight excluding hydrogens is 796 g/mol. The van der Waals surface area contributed by atoms with Crippen molar-refractivity contribution in [3.8, 4) is 17.2 Å². The third-order valence-electron chi connectivity index (χ3n) is 10.1. The average molecular weight is 845 g/mol. The van der Waals surface area contributed by atoms with Gasteiger partial charge in [0.2, 0.25) is 17.3 Å². The summed E-state index contributed by atoms with van der Waals surface area (Å²) in [5, 5.41) is 53.7. The molecule has 0 aromatic heterocycles. The molecule has 0 amide bonds. The van der Waals surface area contributed by atoms with E-state index >= 15 is 0 Å². The number of benzene rings is 2. The normalized spacial score (nSPS) is 23.4. The number of ketones is 4. The van der Waals surface area contributed by atoms with Crippen molar-refractivity contribution in [2.75, 3.05) is 26.9 Å². The second-order valence-electron chi connectivity index (χ2n) is 14.0. The van der Waals surface area contributed by atoms with Crippen molar-refractivity contribution >= 4 is 41.3 Å². The topological polar surface area (TPSA) is 347 Å². The van der Waals surface area contributed by atoms with E-state index in [1.807, 2.05) is 0 Å². The highest BCUT2D eigenvalue weighted by molar-refractivity contribution is 6.31. The van der Waals surface area contributed by atoms with Gasteiger partial charge >= 0.3 is 18.2 Å². The molecular formula is C39H48N4O17. The number of aromatic hydroxyl groups is 2. The number of nitrogens with two attached hydrogens (primary N) is 2. The van der Waals surface area contributed by atoms with Gasteiger partial charge in [0.15, 0.2) is 18.7 Å². The predicted molar refractivity (Wildman–Crippen MR) is 202 cm³/mol. The van der Waals surface area contributed by atoms with Crippen LogP contribution in [0.15, 0.2) is 18.2 Å². The summed E-state index contributed by atoms with van der Waals surface area (Å²) in [6.07, 6.45) is -6.28. The van der Waals surface area contributed by atoms with Crippen LogP contribution in [0.1, 0.15) is 95.5 Å². The molecule has 2 aromatic rings. The van der Waals surface area contributed by atoms with Gasteiger partial charge in [0.25, 0.3) is 6.29 Å². The summed E-state index contributed by atoms with van der Waals surface area (Å²) in [5.74, 6) is -6.60. The first-order valence-corrected chi connectivity index (χ1v) is 18.8. The second-order valence-corrected chi connectivity index (χ2v) is 14.0. The van der Waals surface area contributed by atoms with Gasteiger partial charge in [-0.25, -0.2) is 4.79 Å². The zero-order valence-corrected chi connectivity index (χ0v) is 33.2. The summed E-state index contributed by atoms with van der Waals surface area (Å²) in [6, 6.07) is 2.51. The lowest BCUT2D eigenvalue weighted by atomic mass is 9.72. The van der Waals surface area contributed by atoms with Gasteiger partial charge in [-0.15, -0.1) is 0 Å². The number of carboxylic acid groups (broad SMARTS) is 1. The van der Waals surface area contributed by atoms with Crippen LogP contribution < -0.4 is 16.2 Å². The first-order chi connectivity index (χ1) is 28.3. The maximum Gasteiger partial charge on any atom is 0.363 e. The van der Waals surface area contributed by atoms with Gasteiger partial charge in [-0.2, -0.15) is 4.79 Å². The summed E-state index contributed by atoms with van der Waals surface area (Å²) < 4.78 is 32.7. The molecule has 21 heteroatoms. The maximum atomic E-state index is 13.9. The number of Topliss-reactive ketones (excluding diaryl/α,β-unsaturated/α-hetero) is 2. The first kappa shape index (κ1) is 47.2. The van der Waals surface area contributed by atoms with Gasteiger partial charge in [-0.05, 0) is 33.3 Å². The van der Waals surface area contributed by atoms with E-state index in [1.54, 1.807) is 20.8 Å². The molecule has 7 atom stereocenters. The largest absolute Gasteiger partial charge is 0.507 e. The quantitative estimate of drug-likeness (QED) is 0.0249. The van der Waals surface area contributed by atoms with E-state index < -0.39 is 126 Å². The van der Waals surface area contributed by atoms with Gasteiger partial charge in [-0.3, -0.25) is 24.0 Å². The highest BCUT2D eigenvalue weighted by atomic mass is 16.7. The van der Waals surface area contributed by atoms with Crippen LogP contribution in [0.4, 0.5) is 0 Å². The van der Waals surface area contributed by atoms with E-state index in [4.69, 9.17) is 50.5 Å². The zero-order chi connectivity index (χ0) is 44.6. The van der Waals surface area contributed by atoms with Crippen molar-refractivity contribution in [3.05, 3.63) is 57.1 Å². The monoisotopic (exact) mass is 844 g/mol. The van der Waals surface area contributed by atoms with Crippen LogP contribution in [-0.2, 0) is 49.3 Å². The van der Waals surface area contributed by atoms with Gasteiger partial charge in [0, 0.05) is 61.6 Å². The number of hydrogen-bond acceptors (Lipinski definition) is 18. The molecule has 9 N–H and O–H groups in total. The maximum absolute atomic E-state index is 13.9. The van der Waals surface area contributed by atoms with Crippen molar-refractivity contribution in [1.82, 2.24) is 0 Å². The van der Waals surface area contributed by atoms with Crippen LogP contribution in [0.2, 0.25) is 0 Å². The standard InChI is InChI=1S/C33H39NO14.C6H9N3O3/c1-5-44-32(45-6-2)31(41)46-13-20(35)33(42)11-16-23(19(12-33)48-21-10-17(34)26(36)14(3)47-21)30(40)25-24(28(16)38)27(37)15-8-7-9-18(43-4)22(15)29(25)39;7-5(6(11)12)2-1-4(10)3-9-8/h7-9,14,17,19,21,26,32,36,38,40,42H,5-6,10-13,34H2,1-4H3;3,5H,1-2,7H2,(H,11,12)/t14-,17-,19-,21-,26+,33-;5-/m00/s1. The Bertz CT molecular complexity index is 2030. The van der Waals surface area contributed by atoms with E-state index in [-0.39, 0.29) is 60.5 Å². The summed E-state index contributed by atoms with van der Waals surface area (Å²) in [7, 11) is 1.31. The molecule has 1 aliphatic heterocycles. The minimum absolute atomic E-state index is 0.0302. The van der Waals surface area contributed by atoms with Gasteiger partial charge in [-0.1, -0.05) is 12.1 Å². The first-order valence-electron chi connectivity index (χ1n) is 18.8. The Kier molecular flexibility index (Phi) is 15.9. The number of rotatable bonds is 16. The number of hydrogen-bond donors (Lipinski definition) is 7. The number of methoxy groups -OCH3 is 1. The molecule has 0 saturated carbocycles. The van der Waals surface area contributed by atoms with Crippen LogP contribution in [-0.4, -0.2) is 141 Å². The Morgan fingerprint density at radius 2 is 1.72 bits per heavy atom. The molecule has 0 bridgehead atoms. The van der Waals surface area contributed by atoms with Crippen LogP contribution in [0.5, 0.6) is 17.2 Å². The fourth-order valence-electron chi connectivity index (χ4n) is 6.98. The highest BCUT2D eigenvalue weighted by Crippen LogP contribution is 2.52. The Balaban J connectivity index is 0.000000575. The van der Waals surface area contributed by atoms with Crippen LogP contribution in [0.3, 0.4) is 0 Å². The molecule has 1 fully saturated rings. The molecule has 5 rings (SSSR count). The lowest BCUT2D eigenvalue weighted by molar-refractivity contribution is -0.247. The summed E-state index contributed by atoms with van der Waals surface area (Å²) in [4.78, 5) is 77.0. The van der Waals surface area contributed by atoms with Crippen LogP contribution in [0.25, 0.3) is 5.53 Å². The van der Waals surface area contributed by atoms with E-state index in [0.29, 0.717) is 6.21 Å². The van der Waals surface area contributed by atoms with Crippen molar-refractivity contribution in [1.29, 1.82) is 0 Å². The smallest absolute Gasteiger partial charge is 0.363 e. The SMILES string of the molecule is CCOC(OCC)C(=O)OCC(=O)[C@]1(O)Cc2c(O)c3c(c(O)c2[C@@H](O[C@H]2C[C@H](N)[C@H](O)[C@H](C)O2)C1)C(=O)c1c(OC)cccc1C3=O.[N-]=[N+]=CC(=O)CC[C@H](N)C(=O)O. The number of nitrogens with zero attached hydrogens (tertiary/aromatic N) is 2. The molecule has 1 heterocycles. The van der Waals surface area contributed by atoms with E-state index in [2.05, 4.69) is 4.79 Å². The van der Waals surface area contributed by atoms with Gasteiger partial charge in [0.05, 0.1) is 42.1 Å². The second kappa shape index (κ2) is 20.2. The van der Waals surface area contributed by atoms with E-state index in [1.165, 1.54) is 25.3 Å². The van der Waals surface area contributed by atoms with E-state index in [0.717, 1.165) is 0 Å². The number of phenols is 2. The molecule has 326 valence electrons. The van der Waals surface area contributed by atoms with E-state index in [9.17, 15) is 49.2 Å². The molecule has 0 radical (unpaired) electrons. The Morgan fingerprint density at radius 3 is 2.30 bits per heavy atom. The molecule has 0 unspecified atom stereocenters. The van der Waals surface area contributed by atoms with Crippen LogP contribution in [0, 0.1) is 0 Å². The summed E-state index contributed by atoms with van der Waals surface area (Å²) in [5.41, 5.74) is 15.1. The number of aliphatic hydroxyl groups is 2. The number of aliphatic carboxylic acids is 1. The Labute approximate surface area is 342 Å². The van der Waals surface area contributed by atoms with Gasteiger partial charge in [0.1, 0.15) is 28.9 Å². The molecule has 2 aromatic carbocycles. The lowest BCUT2D eigenvalue weighted by Crippen LogP contribution is -2.53. The molecule has 0 spiro atoms. The molecule has 60 heavy (non-hydrogen) atoms. The number of phenolic OH excluding ortho intramolecular Hbond substituents is 2. The Hall–Kier alpha value is -5.48. The van der Waals surface area contributed by atoms with Crippen molar-refractivity contribution in [2.45, 2.75) is 101 Å². The fourth-order valence-corrected chi connectivity index (χ4v) is 6.98.